The van der Waals surface area contributed by atoms with Crippen molar-refractivity contribution in [3.8, 4) is 5.75 Å². The van der Waals surface area contributed by atoms with E-state index in [-0.39, 0.29) is 18.0 Å². The first-order chi connectivity index (χ1) is 9.11. The van der Waals surface area contributed by atoms with Crippen LogP contribution in [-0.4, -0.2) is 28.2 Å². The van der Waals surface area contributed by atoms with Gasteiger partial charge in [-0.15, -0.1) is 0 Å². The number of carbonyl (C=O) groups is 2. The summed E-state index contributed by atoms with van der Waals surface area (Å²) in [6.07, 6.45) is 2.91. The topological polar surface area (TPSA) is 61.2 Å². The average molecular weight is 258 g/mol. The summed E-state index contributed by atoms with van der Waals surface area (Å²) in [6, 6.07) is 6.85. The molecule has 0 atom stereocenters. The molecule has 0 bridgehead atoms. The van der Waals surface area contributed by atoms with Crippen LogP contribution < -0.4 is 4.74 Å². The Labute approximate surface area is 110 Å². The number of rotatable bonds is 5. The van der Waals surface area contributed by atoms with Crippen LogP contribution >= 0.6 is 0 Å². The van der Waals surface area contributed by atoms with Gasteiger partial charge in [0.2, 0.25) is 0 Å². The van der Waals surface area contributed by atoms with Crippen molar-refractivity contribution in [3.63, 3.8) is 0 Å². The number of methoxy groups -OCH3 is 1. The Kier molecular flexibility index (Phi) is 3.75. The molecule has 19 heavy (non-hydrogen) atoms. The van der Waals surface area contributed by atoms with Crippen molar-refractivity contribution in [2.45, 2.75) is 6.42 Å². The van der Waals surface area contributed by atoms with Gasteiger partial charge >= 0.3 is 0 Å². The van der Waals surface area contributed by atoms with Gasteiger partial charge in [0.1, 0.15) is 11.4 Å². The minimum Gasteiger partial charge on any atom is -0.496 e. The van der Waals surface area contributed by atoms with Crippen LogP contribution in [0.2, 0.25) is 0 Å². The second-order valence-corrected chi connectivity index (χ2v) is 4.15. The monoisotopic (exact) mass is 258 g/mol. The number of nitrogens with zero attached hydrogens (tertiary/aromatic N) is 2. The van der Waals surface area contributed by atoms with E-state index in [2.05, 4.69) is 4.98 Å². The smallest absolute Gasteiger partial charge is 0.190 e. The molecule has 0 fully saturated rings. The minimum absolute atomic E-state index is 0.211. The molecule has 0 N–H and O–H groups in total. The summed E-state index contributed by atoms with van der Waals surface area (Å²) in [7, 11) is 3.26. The van der Waals surface area contributed by atoms with E-state index in [1.54, 1.807) is 42.1 Å². The lowest BCUT2D eigenvalue weighted by Gasteiger charge is -2.06. The zero-order valence-electron chi connectivity index (χ0n) is 10.8. The Balaban J connectivity index is 2.15. The lowest BCUT2D eigenvalue weighted by atomic mass is 10.0. The van der Waals surface area contributed by atoms with E-state index in [9.17, 15) is 9.59 Å². The Morgan fingerprint density at radius 3 is 2.63 bits per heavy atom. The van der Waals surface area contributed by atoms with E-state index < -0.39 is 0 Å². The van der Waals surface area contributed by atoms with Crippen molar-refractivity contribution in [3.05, 3.63) is 48.0 Å². The third-order valence-corrected chi connectivity index (χ3v) is 2.72. The fourth-order valence-electron chi connectivity index (χ4n) is 1.76. The molecule has 2 rings (SSSR count). The summed E-state index contributed by atoms with van der Waals surface area (Å²) in [6.45, 7) is 0. The van der Waals surface area contributed by atoms with Crippen molar-refractivity contribution < 1.29 is 14.3 Å². The van der Waals surface area contributed by atoms with Gasteiger partial charge in [0.15, 0.2) is 11.6 Å². The molecular weight excluding hydrogens is 244 g/mol. The third-order valence-electron chi connectivity index (χ3n) is 2.72. The van der Waals surface area contributed by atoms with Gasteiger partial charge in [-0.25, -0.2) is 4.98 Å². The molecule has 1 heterocycles. The Hall–Kier alpha value is -2.43. The van der Waals surface area contributed by atoms with Crippen LogP contribution in [0.25, 0.3) is 0 Å². The molecule has 5 nitrogen and oxygen atoms in total. The van der Waals surface area contributed by atoms with Crippen LogP contribution in [0.5, 0.6) is 5.75 Å². The maximum atomic E-state index is 12.1. The molecule has 0 aliphatic carbocycles. The SMILES string of the molecule is COc1ccccc1C(=O)CC(=O)c1cn(C)cn1. The van der Waals surface area contributed by atoms with Gasteiger partial charge < -0.3 is 9.30 Å². The molecular formula is C14H14N2O3. The number of imidazole rings is 1. The number of para-hydroxylation sites is 1. The number of aryl methyl sites for hydroxylation is 1. The number of aromatic nitrogens is 2. The highest BCUT2D eigenvalue weighted by atomic mass is 16.5. The fraction of sp³-hybridized carbons (Fsp3) is 0.214. The van der Waals surface area contributed by atoms with E-state index in [1.807, 2.05) is 0 Å². The number of benzene rings is 1. The second kappa shape index (κ2) is 5.48. The van der Waals surface area contributed by atoms with Crippen LogP contribution in [0.15, 0.2) is 36.8 Å². The first-order valence-electron chi connectivity index (χ1n) is 5.79. The Morgan fingerprint density at radius 2 is 2.00 bits per heavy atom. The minimum atomic E-state index is -0.295. The predicted molar refractivity (Wildman–Crippen MR) is 69.5 cm³/mol. The number of carbonyl (C=O) groups excluding carboxylic acids is 2. The largest absolute Gasteiger partial charge is 0.496 e. The van der Waals surface area contributed by atoms with E-state index in [1.165, 1.54) is 13.4 Å². The van der Waals surface area contributed by atoms with Gasteiger partial charge in [-0.05, 0) is 12.1 Å². The van der Waals surface area contributed by atoms with Gasteiger partial charge in [-0.3, -0.25) is 9.59 Å². The van der Waals surface area contributed by atoms with Crippen molar-refractivity contribution in [2.75, 3.05) is 7.11 Å². The number of ketones is 2. The molecule has 98 valence electrons. The van der Waals surface area contributed by atoms with Gasteiger partial charge in [0.25, 0.3) is 0 Å². The van der Waals surface area contributed by atoms with Gasteiger partial charge in [0.05, 0.1) is 25.4 Å². The van der Waals surface area contributed by atoms with E-state index in [0.29, 0.717) is 17.0 Å². The summed E-state index contributed by atoms with van der Waals surface area (Å²) in [4.78, 5) is 27.9. The molecule has 1 aromatic heterocycles. The van der Waals surface area contributed by atoms with Crippen LogP contribution in [0.1, 0.15) is 27.3 Å². The van der Waals surface area contributed by atoms with Crippen LogP contribution in [0.3, 0.4) is 0 Å². The van der Waals surface area contributed by atoms with E-state index >= 15 is 0 Å². The van der Waals surface area contributed by atoms with E-state index in [0.717, 1.165) is 0 Å². The molecule has 0 spiro atoms. The van der Waals surface area contributed by atoms with Crippen LogP contribution in [0.4, 0.5) is 0 Å². The Bertz CT molecular complexity index is 617. The third kappa shape index (κ3) is 2.88. The zero-order valence-corrected chi connectivity index (χ0v) is 10.8. The molecule has 5 heteroatoms. The number of hydrogen-bond acceptors (Lipinski definition) is 4. The first-order valence-corrected chi connectivity index (χ1v) is 5.79. The van der Waals surface area contributed by atoms with Crippen molar-refractivity contribution in [2.24, 2.45) is 7.05 Å². The number of ether oxygens (including phenoxy) is 1. The zero-order chi connectivity index (χ0) is 13.8. The molecule has 0 radical (unpaired) electrons. The summed E-state index contributed by atoms with van der Waals surface area (Å²) in [5.74, 6) is -0.0917. The summed E-state index contributed by atoms with van der Waals surface area (Å²) >= 11 is 0. The maximum absolute atomic E-state index is 12.1. The molecule has 0 unspecified atom stereocenters. The molecule has 0 saturated heterocycles. The lowest BCUT2D eigenvalue weighted by Crippen LogP contribution is -2.10. The van der Waals surface area contributed by atoms with Crippen molar-refractivity contribution in [1.29, 1.82) is 0 Å². The lowest BCUT2D eigenvalue weighted by molar-refractivity contribution is 0.0890. The summed E-state index contributed by atoms with van der Waals surface area (Å²) in [5, 5.41) is 0. The Morgan fingerprint density at radius 1 is 1.26 bits per heavy atom. The second-order valence-electron chi connectivity index (χ2n) is 4.15. The van der Waals surface area contributed by atoms with Crippen molar-refractivity contribution >= 4 is 11.6 Å². The van der Waals surface area contributed by atoms with Gasteiger partial charge in [-0.1, -0.05) is 12.1 Å². The fourth-order valence-corrected chi connectivity index (χ4v) is 1.76. The standard InChI is InChI=1S/C14H14N2O3/c1-16-8-11(15-9-16)13(18)7-12(17)10-5-3-4-6-14(10)19-2/h3-6,8-9H,7H2,1-2H3. The highest BCUT2D eigenvalue weighted by Gasteiger charge is 2.18. The van der Waals surface area contributed by atoms with Gasteiger partial charge in [0, 0.05) is 13.2 Å². The molecule has 0 saturated carbocycles. The quantitative estimate of drug-likeness (QED) is 0.607. The van der Waals surface area contributed by atoms with Gasteiger partial charge in [-0.2, -0.15) is 0 Å². The number of hydrogen-bond donors (Lipinski definition) is 0. The van der Waals surface area contributed by atoms with Crippen LogP contribution in [0, 0.1) is 0 Å². The highest BCUT2D eigenvalue weighted by molar-refractivity contribution is 6.13. The average Bonchev–Trinajstić information content (AvgIpc) is 2.85. The predicted octanol–water partition coefficient (Wildman–Crippen LogP) is 1.88. The maximum Gasteiger partial charge on any atom is 0.190 e. The normalized spacial score (nSPS) is 10.2. The molecule has 0 amide bonds. The molecule has 0 aliphatic rings. The molecule has 1 aromatic carbocycles. The number of Topliss-reactive ketones (excluding diaryl/α,β-unsaturated/α-hetero) is 2. The highest BCUT2D eigenvalue weighted by Crippen LogP contribution is 2.19. The molecule has 0 aliphatic heterocycles. The van der Waals surface area contributed by atoms with Crippen LogP contribution in [-0.2, 0) is 7.05 Å². The summed E-state index contributed by atoms with van der Waals surface area (Å²) in [5.41, 5.74) is 0.708. The van der Waals surface area contributed by atoms with Crippen molar-refractivity contribution in [1.82, 2.24) is 9.55 Å². The van der Waals surface area contributed by atoms with E-state index in [4.69, 9.17) is 4.74 Å². The first kappa shape index (κ1) is 13.0. The summed E-state index contributed by atoms with van der Waals surface area (Å²) < 4.78 is 6.77. The molecule has 2 aromatic rings.